The Bertz CT molecular complexity index is 375. The average molecular weight is 212 g/mol. The van der Waals surface area contributed by atoms with Crippen molar-refractivity contribution in [2.45, 2.75) is 19.4 Å². The molecule has 0 fully saturated rings. The Morgan fingerprint density at radius 3 is 2.33 bits per heavy atom. The predicted octanol–water partition coefficient (Wildman–Crippen LogP) is 0.409. The third-order valence-electron chi connectivity index (χ3n) is 2.58. The van der Waals surface area contributed by atoms with Gasteiger partial charge in [0.25, 0.3) is 0 Å². The number of aliphatic hydroxyl groups is 1. The molecule has 2 atom stereocenters. The Balaban J connectivity index is 3.30. The van der Waals surface area contributed by atoms with Gasteiger partial charge in [-0.1, -0.05) is 12.2 Å². The molecule has 1 rings (SSSR count). The van der Waals surface area contributed by atoms with Crippen molar-refractivity contribution in [3.8, 4) is 0 Å². The van der Waals surface area contributed by atoms with E-state index in [2.05, 4.69) is 0 Å². The molecule has 0 radical (unpaired) electrons. The van der Waals surface area contributed by atoms with Crippen molar-refractivity contribution in [1.29, 1.82) is 0 Å². The summed E-state index contributed by atoms with van der Waals surface area (Å²) in [5, 5.41) is 27.5. The summed E-state index contributed by atoms with van der Waals surface area (Å²) < 4.78 is 0. The van der Waals surface area contributed by atoms with Crippen molar-refractivity contribution < 1.29 is 24.9 Å². The van der Waals surface area contributed by atoms with Gasteiger partial charge < -0.3 is 15.3 Å². The van der Waals surface area contributed by atoms with Crippen LogP contribution in [0.4, 0.5) is 0 Å². The van der Waals surface area contributed by atoms with Gasteiger partial charge in [0.2, 0.25) is 0 Å². The Hall–Kier alpha value is -1.62. The smallest absolute Gasteiger partial charge is 0.332 e. The zero-order valence-corrected chi connectivity index (χ0v) is 8.39. The van der Waals surface area contributed by atoms with Crippen LogP contribution in [-0.2, 0) is 9.59 Å². The van der Waals surface area contributed by atoms with Crippen LogP contribution in [0, 0.1) is 5.92 Å². The van der Waals surface area contributed by atoms with E-state index >= 15 is 0 Å². The van der Waals surface area contributed by atoms with Crippen LogP contribution in [0.1, 0.15) is 13.8 Å². The maximum absolute atomic E-state index is 10.9. The molecule has 2 unspecified atom stereocenters. The minimum absolute atomic E-state index is 0.157. The Kier molecular flexibility index (Phi) is 2.68. The standard InChI is InChI=1S/C10H12O5/c1-5-7(9(13)14)6(8(11)12)3-4-10(5,2)15/h3-4,6,15H,1-2H3,(H,11,12)(H,13,14). The lowest BCUT2D eigenvalue weighted by Crippen LogP contribution is -2.33. The van der Waals surface area contributed by atoms with Gasteiger partial charge in [-0.3, -0.25) is 4.79 Å². The highest BCUT2D eigenvalue weighted by Crippen LogP contribution is 2.31. The molecule has 0 saturated carbocycles. The van der Waals surface area contributed by atoms with E-state index in [9.17, 15) is 14.7 Å². The fourth-order valence-electron chi connectivity index (χ4n) is 1.51. The fraction of sp³-hybridized carbons (Fsp3) is 0.400. The number of rotatable bonds is 2. The van der Waals surface area contributed by atoms with Gasteiger partial charge in [-0.15, -0.1) is 0 Å². The molecule has 82 valence electrons. The molecule has 0 bridgehead atoms. The zero-order valence-electron chi connectivity index (χ0n) is 8.39. The first-order valence-electron chi connectivity index (χ1n) is 4.36. The first-order chi connectivity index (χ1) is 6.77. The molecular formula is C10H12O5. The van der Waals surface area contributed by atoms with Crippen molar-refractivity contribution in [3.63, 3.8) is 0 Å². The van der Waals surface area contributed by atoms with Gasteiger partial charge in [0.15, 0.2) is 0 Å². The highest BCUT2D eigenvalue weighted by Gasteiger charge is 2.36. The van der Waals surface area contributed by atoms with Crippen LogP contribution >= 0.6 is 0 Å². The van der Waals surface area contributed by atoms with E-state index in [1.807, 2.05) is 0 Å². The fourth-order valence-corrected chi connectivity index (χ4v) is 1.51. The van der Waals surface area contributed by atoms with Crippen LogP contribution in [0.5, 0.6) is 0 Å². The molecule has 0 aromatic carbocycles. The van der Waals surface area contributed by atoms with Gasteiger partial charge in [0.1, 0.15) is 11.5 Å². The van der Waals surface area contributed by atoms with Crippen molar-refractivity contribution >= 4 is 11.9 Å². The van der Waals surface area contributed by atoms with E-state index in [4.69, 9.17) is 10.2 Å². The quantitative estimate of drug-likeness (QED) is 0.576. The molecular weight excluding hydrogens is 200 g/mol. The molecule has 0 saturated heterocycles. The summed E-state index contributed by atoms with van der Waals surface area (Å²) in [7, 11) is 0. The van der Waals surface area contributed by atoms with Crippen LogP contribution < -0.4 is 0 Å². The van der Waals surface area contributed by atoms with E-state index < -0.39 is 23.5 Å². The number of hydrogen-bond donors (Lipinski definition) is 3. The molecule has 0 spiro atoms. The van der Waals surface area contributed by atoms with Crippen LogP contribution in [0.3, 0.4) is 0 Å². The maximum atomic E-state index is 10.9. The maximum Gasteiger partial charge on any atom is 0.332 e. The van der Waals surface area contributed by atoms with Crippen LogP contribution in [-0.4, -0.2) is 32.9 Å². The first kappa shape index (κ1) is 11.5. The normalized spacial score (nSPS) is 30.5. The van der Waals surface area contributed by atoms with Gasteiger partial charge in [-0.2, -0.15) is 0 Å². The highest BCUT2D eigenvalue weighted by molar-refractivity contribution is 5.96. The summed E-state index contributed by atoms with van der Waals surface area (Å²) in [6.45, 7) is 2.84. The van der Waals surface area contributed by atoms with Crippen LogP contribution in [0.25, 0.3) is 0 Å². The largest absolute Gasteiger partial charge is 0.481 e. The van der Waals surface area contributed by atoms with E-state index in [1.54, 1.807) is 0 Å². The van der Waals surface area contributed by atoms with Gasteiger partial charge in [-0.05, 0) is 19.4 Å². The lowest BCUT2D eigenvalue weighted by molar-refractivity contribution is -0.142. The summed E-state index contributed by atoms with van der Waals surface area (Å²) in [6.07, 6.45) is 2.49. The average Bonchev–Trinajstić information content (AvgIpc) is 2.08. The third-order valence-corrected chi connectivity index (χ3v) is 2.58. The lowest BCUT2D eigenvalue weighted by atomic mass is 9.80. The van der Waals surface area contributed by atoms with Crippen LogP contribution in [0.2, 0.25) is 0 Å². The predicted molar refractivity (Wildman–Crippen MR) is 51.2 cm³/mol. The van der Waals surface area contributed by atoms with Gasteiger partial charge in [0, 0.05) is 0 Å². The topological polar surface area (TPSA) is 94.8 Å². The highest BCUT2D eigenvalue weighted by atomic mass is 16.4. The summed E-state index contributed by atoms with van der Waals surface area (Å²) in [6, 6.07) is 0. The van der Waals surface area contributed by atoms with Crippen LogP contribution in [0.15, 0.2) is 23.3 Å². The SMILES string of the molecule is CC1=C(C(=O)O)C(C(=O)O)C=CC1(C)O. The van der Waals surface area contributed by atoms with Gasteiger partial charge in [-0.25, -0.2) is 4.79 Å². The molecule has 0 heterocycles. The van der Waals surface area contributed by atoms with Crippen molar-refractivity contribution in [2.75, 3.05) is 0 Å². The minimum atomic E-state index is -1.39. The van der Waals surface area contributed by atoms with E-state index in [0.29, 0.717) is 0 Å². The molecule has 1 aliphatic carbocycles. The summed E-state index contributed by atoms with van der Waals surface area (Å²) in [5.41, 5.74) is -1.50. The van der Waals surface area contributed by atoms with Gasteiger partial charge >= 0.3 is 11.9 Å². The third kappa shape index (κ3) is 1.92. The lowest BCUT2D eigenvalue weighted by Gasteiger charge is -2.28. The number of carbonyl (C=O) groups is 2. The molecule has 0 aromatic rings. The summed E-state index contributed by atoms with van der Waals surface area (Å²) in [5.74, 6) is -3.74. The molecule has 0 amide bonds. The summed E-state index contributed by atoms with van der Waals surface area (Å²) >= 11 is 0. The summed E-state index contributed by atoms with van der Waals surface area (Å²) in [4.78, 5) is 21.7. The molecule has 15 heavy (non-hydrogen) atoms. The Morgan fingerprint density at radius 1 is 1.40 bits per heavy atom. The molecule has 5 heteroatoms. The van der Waals surface area contributed by atoms with Gasteiger partial charge in [0.05, 0.1) is 5.57 Å². The number of carboxylic acid groups (broad SMARTS) is 2. The molecule has 1 aliphatic rings. The van der Waals surface area contributed by atoms with Crippen molar-refractivity contribution in [1.82, 2.24) is 0 Å². The monoisotopic (exact) mass is 212 g/mol. The van der Waals surface area contributed by atoms with Crippen molar-refractivity contribution in [3.05, 3.63) is 23.3 Å². The Morgan fingerprint density at radius 2 is 1.93 bits per heavy atom. The molecule has 0 aromatic heterocycles. The number of hydrogen-bond acceptors (Lipinski definition) is 3. The first-order valence-corrected chi connectivity index (χ1v) is 4.36. The zero-order chi connectivity index (χ0) is 11.8. The number of carboxylic acids is 2. The Labute approximate surface area is 86.3 Å². The number of aliphatic carboxylic acids is 2. The second-order valence-corrected chi connectivity index (χ2v) is 3.67. The van der Waals surface area contributed by atoms with E-state index in [1.165, 1.54) is 26.0 Å². The van der Waals surface area contributed by atoms with E-state index in [-0.39, 0.29) is 11.1 Å². The second kappa shape index (κ2) is 3.51. The molecule has 5 nitrogen and oxygen atoms in total. The molecule has 0 aliphatic heterocycles. The van der Waals surface area contributed by atoms with E-state index in [0.717, 1.165) is 0 Å². The second-order valence-electron chi connectivity index (χ2n) is 3.67. The molecule has 3 N–H and O–H groups in total. The van der Waals surface area contributed by atoms with Crippen molar-refractivity contribution in [2.24, 2.45) is 5.92 Å². The minimum Gasteiger partial charge on any atom is -0.481 e.